The Morgan fingerprint density at radius 1 is 0.870 bits per heavy atom. The predicted octanol–water partition coefficient (Wildman–Crippen LogP) is 1.36. The minimum Gasteiger partial charge on any atom is -0.258 e. The number of benzene rings is 2. The maximum absolute atomic E-state index is 10.7. The average molecular weight is 313 g/mol. The molecule has 1 heterocycles. The fourth-order valence-corrected chi connectivity index (χ4v) is 1.99. The van der Waals surface area contributed by atoms with Crippen LogP contribution in [0.25, 0.3) is 11.4 Å². The normalized spacial score (nSPS) is 10.4. The summed E-state index contributed by atoms with van der Waals surface area (Å²) in [5.41, 5.74) is 1.06. The zero-order chi connectivity index (χ0) is 16.4. The number of hydrogen-bond acceptors (Lipinski definition) is 6. The van der Waals surface area contributed by atoms with Crippen LogP contribution in [0, 0.1) is 20.2 Å². The molecule has 0 unspecified atom stereocenters. The summed E-state index contributed by atoms with van der Waals surface area (Å²) < 4.78 is 0. The minimum atomic E-state index is -0.491. The third-order valence-electron chi connectivity index (χ3n) is 3.08. The summed E-state index contributed by atoms with van der Waals surface area (Å²) in [6, 6.07) is 11.6. The number of rotatable bonds is 4. The summed E-state index contributed by atoms with van der Waals surface area (Å²) >= 11 is 0. The largest absolute Gasteiger partial charge is 0.297 e. The van der Waals surface area contributed by atoms with E-state index in [1.165, 1.54) is 64.5 Å². The molecule has 2 aromatic carbocycles. The highest BCUT2D eigenvalue weighted by Gasteiger charge is 2.18. The summed E-state index contributed by atoms with van der Waals surface area (Å²) in [4.78, 5) is 23.2. The van der Waals surface area contributed by atoms with Gasteiger partial charge in [0, 0.05) is 29.1 Å². The molecule has 0 radical (unpaired) electrons. The monoisotopic (exact) mass is 313 g/mol. The fraction of sp³-hybridized carbons (Fsp3) is 0. The van der Waals surface area contributed by atoms with Gasteiger partial charge in [0.1, 0.15) is 5.69 Å². The lowest BCUT2D eigenvalue weighted by Gasteiger charge is -2.00. The standard InChI is InChI=1S/C13H9N6O4/c20-18(21)12-5-1-10(2-6-12)16-14-9-15-17(16)11-3-7-13(8-4-11)19(22)23/h1-9H/q+1. The number of aromatic nitrogens is 4. The molecule has 3 rings (SSSR count). The number of hydrogen-bond donors (Lipinski definition) is 0. The van der Waals surface area contributed by atoms with Gasteiger partial charge in [0.15, 0.2) is 5.69 Å². The molecular weight excluding hydrogens is 304 g/mol. The van der Waals surface area contributed by atoms with Crippen LogP contribution in [0.5, 0.6) is 0 Å². The Balaban J connectivity index is 1.98. The Bertz CT molecular complexity index is 800. The maximum atomic E-state index is 10.7. The van der Waals surface area contributed by atoms with Crippen LogP contribution in [-0.4, -0.2) is 24.8 Å². The van der Waals surface area contributed by atoms with Crippen molar-refractivity contribution in [3.8, 4) is 11.4 Å². The molecule has 0 saturated heterocycles. The van der Waals surface area contributed by atoms with Crippen molar-refractivity contribution in [2.24, 2.45) is 0 Å². The van der Waals surface area contributed by atoms with Crippen molar-refractivity contribution in [1.29, 1.82) is 0 Å². The van der Waals surface area contributed by atoms with Crippen molar-refractivity contribution in [1.82, 2.24) is 15.0 Å². The first-order valence-corrected chi connectivity index (χ1v) is 6.38. The quantitative estimate of drug-likeness (QED) is 0.407. The lowest BCUT2D eigenvalue weighted by molar-refractivity contribution is -0.735. The van der Waals surface area contributed by atoms with E-state index in [0.29, 0.717) is 11.4 Å². The van der Waals surface area contributed by atoms with E-state index in [9.17, 15) is 20.2 Å². The first kappa shape index (κ1) is 14.3. The molecule has 1 aromatic heterocycles. The predicted molar refractivity (Wildman–Crippen MR) is 76.2 cm³/mol. The number of tetrazole rings is 1. The molecule has 114 valence electrons. The summed E-state index contributed by atoms with van der Waals surface area (Å²) in [5, 5.41) is 29.5. The van der Waals surface area contributed by atoms with Gasteiger partial charge >= 0.3 is 0 Å². The van der Waals surface area contributed by atoms with Crippen LogP contribution in [0.4, 0.5) is 11.4 Å². The molecule has 0 bridgehead atoms. The van der Waals surface area contributed by atoms with E-state index >= 15 is 0 Å². The van der Waals surface area contributed by atoms with Crippen LogP contribution in [0.3, 0.4) is 0 Å². The van der Waals surface area contributed by atoms with E-state index in [1.807, 2.05) is 0 Å². The lowest BCUT2D eigenvalue weighted by atomic mass is 10.3. The highest BCUT2D eigenvalue weighted by molar-refractivity contribution is 5.39. The van der Waals surface area contributed by atoms with Gasteiger partial charge in [0.2, 0.25) is 0 Å². The molecule has 0 aliphatic heterocycles. The highest BCUT2D eigenvalue weighted by Crippen LogP contribution is 2.15. The first-order valence-electron chi connectivity index (χ1n) is 6.38. The van der Waals surface area contributed by atoms with Crippen LogP contribution in [0.1, 0.15) is 0 Å². The fourth-order valence-electron chi connectivity index (χ4n) is 1.99. The molecular formula is C13H9N6O4+. The van der Waals surface area contributed by atoms with Crippen LogP contribution in [0.15, 0.2) is 54.9 Å². The molecule has 0 aliphatic carbocycles. The van der Waals surface area contributed by atoms with Gasteiger partial charge in [-0.25, -0.2) is 0 Å². The number of nitro groups is 2. The molecule has 10 heteroatoms. The first-order chi connectivity index (χ1) is 11.1. The van der Waals surface area contributed by atoms with Gasteiger partial charge in [-0.3, -0.25) is 20.2 Å². The number of nitrogens with zero attached hydrogens (tertiary/aromatic N) is 6. The van der Waals surface area contributed by atoms with Gasteiger partial charge in [-0.1, -0.05) is 0 Å². The Kier molecular flexibility index (Phi) is 3.47. The zero-order valence-corrected chi connectivity index (χ0v) is 11.5. The average Bonchev–Trinajstić information content (AvgIpc) is 3.04. The van der Waals surface area contributed by atoms with E-state index < -0.39 is 9.85 Å². The van der Waals surface area contributed by atoms with E-state index in [2.05, 4.69) is 10.2 Å². The van der Waals surface area contributed by atoms with E-state index in [1.54, 1.807) is 0 Å². The summed E-state index contributed by atoms with van der Waals surface area (Å²) in [5.74, 6) is 0. The van der Waals surface area contributed by atoms with Gasteiger partial charge in [0.05, 0.1) is 14.9 Å². The second-order valence-electron chi connectivity index (χ2n) is 4.47. The van der Waals surface area contributed by atoms with Crippen molar-refractivity contribution in [2.75, 3.05) is 0 Å². The van der Waals surface area contributed by atoms with Crippen LogP contribution in [-0.2, 0) is 0 Å². The van der Waals surface area contributed by atoms with E-state index in [4.69, 9.17) is 0 Å². The summed E-state index contributed by atoms with van der Waals surface area (Å²) in [6.07, 6.45) is 1.31. The van der Waals surface area contributed by atoms with Crippen LogP contribution < -0.4 is 4.80 Å². The molecule has 0 amide bonds. The molecule has 23 heavy (non-hydrogen) atoms. The van der Waals surface area contributed by atoms with Crippen molar-refractivity contribution >= 4 is 11.4 Å². The van der Waals surface area contributed by atoms with Gasteiger partial charge in [-0.05, 0) is 34.2 Å². The van der Waals surface area contributed by atoms with E-state index in [0.717, 1.165) is 0 Å². The van der Waals surface area contributed by atoms with Crippen LogP contribution >= 0.6 is 0 Å². The topological polar surface area (TPSA) is 121 Å². The van der Waals surface area contributed by atoms with E-state index in [-0.39, 0.29) is 11.4 Å². The molecule has 0 fully saturated rings. The molecule has 0 N–H and O–H groups in total. The third-order valence-corrected chi connectivity index (χ3v) is 3.08. The Morgan fingerprint density at radius 2 is 1.39 bits per heavy atom. The molecule has 0 saturated carbocycles. The summed E-state index contributed by atoms with van der Waals surface area (Å²) in [6.45, 7) is 0. The molecule has 0 aliphatic rings. The summed E-state index contributed by atoms with van der Waals surface area (Å²) in [7, 11) is 0. The van der Waals surface area contributed by atoms with Crippen molar-refractivity contribution in [3.63, 3.8) is 0 Å². The third kappa shape index (κ3) is 2.72. The SMILES string of the molecule is O=[N+]([O-])c1ccc(-n2ncn[n+]2-c2ccc([N+](=O)[O-])cc2)cc1. The maximum Gasteiger partial charge on any atom is 0.297 e. The molecule has 10 nitrogen and oxygen atoms in total. The van der Waals surface area contributed by atoms with Gasteiger partial charge in [-0.2, -0.15) is 0 Å². The number of non-ortho nitro benzene ring substituents is 2. The minimum absolute atomic E-state index is 0.0317. The van der Waals surface area contributed by atoms with Crippen LogP contribution in [0.2, 0.25) is 0 Å². The van der Waals surface area contributed by atoms with Gasteiger partial charge in [0.25, 0.3) is 17.7 Å². The van der Waals surface area contributed by atoms with Gasteiger partial charge in [-0.15, -0.1) is 0 Å². The second kappa shape index (κ2) is 5.60. The molecule has 0 atom stereocenters. The lowest BCUT2D eigenvalue weighted by Crippen LogP contribution is -2.43. The van der Waals surface area contributed by atoms with Crippen molar-refractivity contribution < 1.29 is 14.6 Å². The number of nitro benzene ring substituents is 2. The smallest absolute Gasteiger partial charge is 0.258 e. The van der Waals surface area contributed by atoms with Crippen molar-refractivity contribution in [2.45, 2.75) is 0 Å². The Morgan fingerprint density at radius 3 is 1.91 bits per heavy atom. The zero-order valence-electron chi connectivity index (χ0n) is 11.5. The molecule has 3 aromatic rings. The Hall–Kier alpha value is -3.69. The van der Waals surface area contributed by atoms with Crippen molar-refractivity contribution in [3.05, 3.63) is 75.1 Å². The highest BCUT2D eigenvalue weighted by atomic mass is 16.6. The second-order valence-corrected chi connectivity index (χ2v) is 4.47. The Labute approximate surface area is 128 Å². The molecule has 0 spiro atoms. The van der Waals surface area contributed by atoms with Gasteiger partial charge < -0.3 is 0 Å².